The van der Waals surface area contributed by atoms with Gasteiger partial charge in [0, 0.05) is 10.4 Å². The fourth-order valence-electron chi connectivity index (χ4n) is 1.36. The Hall–Kier alpha value is -0.800. The van der Waals surface area contributed by atoms with Crippen molar-refractivity contribution in [3.63, 3.8) is 0 Å². The molecule has 4 heteroatoms. The molecule has 0 amide bonds. The minimum Gasteiger partial charge on any atom is -0.494 e. The molecule has 0 bridgehead atoms. The molecule has 1 aromatic rings. The van der Waals surface area contributed by atoms with E-state index in [9.17, 15) is 0 Å². The maximum absolute atomic E-state index is 5.78. The average Bonchev–Trinajstić information content (AvgIpc) is 2.26. The number of hydrogen-bond donors (Lipinski definition) is 1. The van der Waals surface area contributed by atoms with E-state index in [0.29, 0.717) is 16.6 Å². The quantitative estimate of drug-likeness (QED) is 0.631. The Kier molecular flexibility index (Phi) is 5.22. The zero-order valence-corrected chi connectivity index (χ0v) is 11.8. The molecular formula is C13H18ClNOS. The number of halogens is 1. The number of benzene rings is 1. The Morgan fingerprint density at radius 1 is 1.35 bits per heavy atom. The van der Waals surface area contributed by atoms with Gasteiger partial charge in [-0.15, -0.1) is 0 Å². The molecule has 1 rings (SSSR count). The topological polar surface area (TPSA) is 35.2 Å². The third-order valence-electron chi connectivity index (χ3n) is 2.70. The Bertz CT molecular complexity index is 376. The molecule has 0 unspecified atom stereocenters. The first kappa shape index (κ1) is 14.3. The second-order valence-corrected chi connectivity index (χ2v) is 5.53. The van der Waals surface area contributed by atoms with E-state index in [1.54, 1.807) is 0 Å². The lowest BCUT2D eigenvalue weighted by Gasteiger charge is -2.22. The summed E-state index contributed by atoms with van der Waals surface area (Å²) in [7, 11) is 0. The van der Waals surface area contributed by atoms with Crippen molar-refractivity contribution < 1.29 is 4.74 Å². The van der Waals surface area contributed by atoms with Crippen molar-refractivity contribution in [1.29, 1.82) is 0 Å². The van der Waals surface area contributed by atoms with Crippen LogP contribution in [0.4, 0.5) is 0 Å². The molecule has 0 radical (unpaired) electrons. The van der Waals surface area contributed by atoms with Crippen LogP contribution in [0.15, 0.2) is 24.3 Å². The third-order valence-corrected chi connectivity index (χ3v) is 3.50. The highest BCUT2D eigenvalue weighted by molar-refractivity contribution is 7.80. The van der Waals surface area contributed by atoms with Gasteiger partial charge in [-0.2, -0.15) is 0 Å². The van der Waals surface area contributed by atoms with Crippen LogP contribution in [0.5, 0.6) is 5.75 Å². The molecule has 2 N–H and O–H groups in total. The van der Waals surface area contributed by atoms with E-state index in [2.05, 4.69) is 13.8 Å². The van der Waals surface area contributed by atoms with E-state index in [0.717, 1.165) is 18.6 Å². The summed E-state index contributed by atoms with van der Waals surface area (Å²) in [5, 5.41) is 0.715. The Morgan fingerprint density at radius 2 is 1.94 bits per heavy atom. The van der Waals surface area contributed by atoms with Gasteiger partial charge in [0.25, 0.3) is 0 Å². The first-order valence-corrected chi connectivity index (χ1v) is 6.39. The molecule has 0 heterocycles. The highest BCUT2D eigenvalue weighted by atomic mass is 35.5. The van der Waals surface area contributed by atoms with Gasteiger partial charge in [0.2, 0.25) is 0 Å². The molecule has 0 aromatic heterocycles. The zero-order valence-electron chi connectivity index (χ0n) is 10.2. The van der Waals surface area contributed by atoms with Crippen molar-refractivity contribution in [2.45, 2.75) is 26.7 Å². The molecule has 0 spiro atoms. The molecule has 0 saturated carbocycles. The first-order valence-electron chi connectivity index (χ1n) is 5.60. The molecule has 1 aromatic carbocycles. The largest absolute Gasteiger partial charge is 0.494 e. The van der Waals surface area contributed by atoms with E-state index < -0.39 is 0 Å². The van der Waals surface area contributed by atoms with E-state index >= 15 is 0 Å². The molecule has 2 nitrogen and oxygen atoms in total. The summed E-state index contributed by atoms with van der Waals surface area (Å²) in [5.74, 6) is 0.836. The van der Waals surface area contributed by atoms with Gasteiger partial charge in [0.15, 0.2) is 0 Å². The standard InChI is InChI=1S/C13H18ClNOS/c1-13(2,12(15)17)8-3-9-16-11-6-4-10(14)5-7-11/h4-7H,3,8-9H2,1-2H3,(H2,15,17). The lowest BCUT2D eigenvalue weighted by Crippen LogP contribution is -2.30. The lowest BCUT2D eigenvalue weighted by molar-refractivity contribution is 0.288. The van der Waals surface area contributed by atoms with Gasteiger partial charge >= 0.3 is 0 Å². The maximum atomic E-state index is 5.78. The Morgan fingerprint density at radius 3 is 2.47 bits per heavy atom. The van der Waals surface area contributed by atoms with E-state index in [1.165, 1.54) is 0 Å². The third kappa shape index (κ3) is 4.92. The van der Waals surface area contributed by atoms with Crippen LogP contribution in [0.2, 0.25) is 5.02 Å². The first-order chi connectivity index (χ1) is 7.92. The van der Waals surface area contributed by atoms with Crippen LogP contribution in [0.25, 0.3) is 0 Å². The highest BCUT2D eigenvalue weighted by Gasteiger charge is 2.20. The molecule has 0 aliphatic carbocycles. The fourth-order valence-corrected chi connectivity index (χ4v) is 1.59. The monoisotopic (exact) mass is 271 g/mol. The maximum Gasteiger partial charge on any atom is 0.119 e. The number of rotatable bonds is 6. The van der Waals surface area contributed by atoms with E-state index in [1.807, 2.05) is 24.3 Å². The van der Waals surface area contributed by atoms with Crippen LogP contribution in [-0.2, 0) is 0 Å². The Balaban J connectivity index is 2.29. The summed E-state index contributed by atoms with van der Waals surface area (Å²) in [6.07, 6.45) is 1.85. The van der Waals surface area contributed by atoms with Crippen LogP contribution < -0.4 is 10.5 Å². The van der Waals surface area contributed by atoms with Gasteiger partial charge in [-0.25, -0.2) is 0 Å². The summed E-state index contributed by atoms with van der Waals surface area (Å²) in [6.45, 7) is 4.77. The second kappa shape index (κ2) is 6.22. The lowest BCUT2D eigenvalue weighted by atomic mass is 9.88. The number of hydrogen-bond acceptors (Lipinski definition) is 2. The fraction of sp³-hybridized carbons (Fsp3) is 0.462. The molecule has 17 heavy (non-hydrogen) atoms. The van der Waals surface area contributed by atoms with Crippen molar-refractivity contribution in [1.82, 2.24) is 0 Å². The summed E-state index contributed by atoms with van der Waals surface area (Å²) in [6, 6.07) is 7.35. The van der Waals surface area contributed by atoms with E-state index in [4.69, 9.17) is 34.3 Å². The zero-order chi connectivity index (χ0) is 12.9. The number of nitrogens with two attached hydrogens (primary N) is 1. The highest BCUT2D eigenvalue weighted by Crippen LogP contribution is 2.23. The van der Waals surface area contributed by atoms with Gasteiger partial charge in [-0.05, 0) is 37.1 Å². The van der Waals surface area contributed by atoms with Gasteiger partial charge in [-0.3, -0.25) is 0 Å². The van der Waals surface area contributed by atoms with E-state index in [-0.39, 0.29) is 5.41 Å². The summed E-state index contributed by atoms with van der Waals surface area (Å²) in [4.78, 5) is 0.559. The van der Waals surface area contributed by atoms with Gasteiger partial charge in [0.1, 0.15) is 5.75 Å². The smallest absolute Gasteiger partial charge is 0.119 e. The van der Waals surface area contributed by atoms with Crippen LogP contribution >= 0.6 is 23.8 Å². The second-order valence-electron chi connectivity index (χ2n) is 4.65. The normalized spacial score (nSPS) is 11.2. The molecule has 0 aliphatic heterocycles. The van der Waals surface area contributed by atoms with Gasteiger partial charge in [0.05, 0.1) is 11.6 Å². The Labute approximate surface area is 113 Å². The van der Waals surface area contributed by atoms with Crippen molar-refractivity contribution in [2.75, 3.05) is 6.61 Å². The van der Waals surface area contributed by atoms with Crippen LogP contribution in [0.3, 0.4) is 0 Å². The molecule has 0 saturated heterocycles. The van der Waals surface area contributed by atoms with Crippen molar-refractivity contribution >= 4 is 28.8 Å². The molecule has 94 valence electrons. The van der Waals surface area contributed by atoms with Crippen LogP contribution in [0.1, 0.15) is 26.7 Å². The summed E-state index contributed by atoms with van der Waals surface area (Å²) in [5.41, 5.74) is 5.56. The predicted octanol–water partition coefficient (Wildman–Crippen LogP) is 3.81. The number of thiocarbonyl (C=S) groups is 1. The predicted molar refractivity (Wildman–Crippen MR) is 76.7 cm³/mol. The molecular weight excluding hydrogens is 254 g/mol. The summed E-state index contributed by atoms with van der Waals surface area (Å²) < 4.78 is 5.59. The van der Waals surface area contributed by atoms with Crippen molar-refractivity contribution in [2.24, 2.45) is 11.1 Å². The minimum atomic E-state index is -0.0985. The minimum absolute atomic E-state index is 0.0985. The molecule has 0 atom stereocenters. The van der Waals surface area contributed by atoms with Crippen LogP contribution in [-0.4, -0.2) is 11.6 Å². The summed E-state index contributed by atoms with van der Waals surface area (Å²) >= 11 is 10.8. The average molecular weight is 272 g/mol. The van der Waals surface area contributed by atoms with Gasteiger partial charge in [-0.1, -0.05) is 37.7 Å². The molecule has 0 fully saturated rings. The van der Waals surface area contributed by atoms with Crippen molar-refractivity contribution in [3.8, 4) is 5.75 Å². The van der Waals surface area contributed by atoms with Gasteiger partial charge < -0.3 is 10.5 Å². The molecule has 0 aliphatic rings. The number of ether oxygens (including phenoxy) is 1. The SMILES string of the molecule is CC(C)(CCCOc1ccc(Cl)cc1)C(N)=S. The van der Waals surface area contributed by atoms with Crippen molar-refractivity contribution in [3.05, 3.63) is 29.3 Å². The van der Waals surface area contributed by atoms with Crippen LogP contribution in [0, 0.1) is 5.41 Å².